The lowest BCUT2D eigenvalue weighted by Crippen LogP contribution is -2.07. The lowest BCUT2D eigenvalue weighted by molar-refractivity contribution is 0.198. The van der Waals surface area contributed by atoms with Crippen molar-refractivity contribution < 1.29 is 9.53 Å². The quantitative estimate of drug-likeness (QED) is 0.399. The Hall–Kier alpha value is -0.400. The van der Waals surface area contributed by atoms with Crippen molar-refractivity contribution >= 4 is 20.8 Å². The van der Waals surface area contributed by atoms with E-state index in [9.17, 15) is 4.79 Å². The Morgan fingerprint density at radius 3 is 2.50 bits per heavy atom. The number of hydrogen-bond donors (Lipinski definition) is 0. The minimum atomic E-state index is -0.505. The molecular formula is C2H3B2O2. The first-order valence-electron chi connectivity index (χ1n) is 1.44. The average Bonchev–Trinajstić information content (AvgIpc) is 1.65. The minimum absolute atomic E-state index is 0.505. The Labute approximate surface area is 38.5 Å². The van der Waals surface area contributed by atoms with E-state index in [1.54, 1.807) is 0 Å². The van der Waals surface area contributed by atoms with E-state index in [-0.39, 0.29) is 0 Å². The van der Waals surface area contributed by atoms with E-state index in [0.29, 0.717) is 0 Å². The third-order valence-corrected chi connectivity index (χ3v) is 0.337. The van der Waals surface area contributed by atoms with Crippen molar-refractivity contribution in [1.82, 2.24) is 0 Å². The maximum atomic E-state index is 9.78. The molecule has 0 aliphatic heterocycles. The second kappa shape index (κ2) is 2.82. The van der Waals surface area contributed by atoms with Gasteiger partial charge in [-0.1, -0.05) is 0 Å². The SMILES string of the molecule is [B][B]C(=O)OC. The number of carbonyl (C=O) groups is 1. The molecule has 0 fully saturated rings. The second-order valence-corrected chi connectivity index (χ2v) is 0.690. The summed E-state index contributed by atoms with van der Waals surface area (Å²) in [5.41, 5.74) is 0. The number of hydrogen-bond acceptors (Lipinski definition) is 2. The Morgan fingerprint density at radius 1 is 2.00 bits per heavy atom. The minimum Gasteiger partial charge on any atom is -0.478 e. The van der Waals surface area contributed by atoms with Gasteiger partial charge in [-0.2, -0.15) is 0 Å². The topological polar surface area (TPSA) is 26.3 Å². The van der Waals surface area contributed by atoms with Crippen molar-refractivity contribution in [2.45, 2.75) is 0 Å². The summed E-state index contributed by atoms with van der Waals surface area (Å²) in [5, 5.41) is 0. The molecule has 0 spiro atoms. The zero-order valence-electron chi connectivity index (χ0n) is 3.47. The third-order valence-electron chi connectivity index (χ3n) is 0.337. The van der Waals surface area contributed by atoms with Crippen LogP contribution in [-0.2, 0) is 4.74 Å². The summed E-state index contributed by atoms with van der Waals surface area (Å²) in [6.07, 6.45) is 0. The molecule has 0 heterocycles. The highest BCUT2D eigenvalue weighted by molar-refractivity contribution is 7.07. The molecule has 3 radical (unpaired) electrons. The van der Waals surface area contributed by atoms with Gasteiger partial charge >= 0.3 is 0 Å². The average molecular weight is 80.7 g/mol. The molecule has 29 valence electrons. The van der Waals surface area contributed by atoms with Crippen LogP contribution in [0.2, 0.25) is 0 Å². The van der Waals surface area contributed by atoms with Gasteiger partial charge in [0, 0.05) is 7.74 Å². The highest BCUT2D eigenvalue weighted by Crippen LogP contribution is 1.65. The summed E-state index contributed by atoms with van der Waals surface area (Å²) in [4.78, 5) is 9.78. The van der Waals surface area contributed by atoms with Gasteiger partial charge in [0.05, 0.1) is 7.11 Å². The summed E-state index contributed by atoms with van der Waals surface area (Å²) in [6.45, 7) is 0. The van der Waals surface area contributed by atoms with Crippen LogP contribution in [0.4, 0.5) is 4.79 Å². The van der Waals surface area contributed by atoms with E-state index >= 15 is 0 Å². The number of carbonyl (C=O) groups excluding carboxylic acids is 1. The third kappa shape index (κ3) is 1.88. The van der Waals surface area contributed by atoms with Crippen LogP contribution in [0.15, 0.2) is 0 Å². The molecule has 0 bridgehead atoms. The molecule has 0 aliphatic rings. The Balaban J connectivity index is 2.99. The molecule has 0 saturated heterocycles. The molecule has 4 heteroatoms. The second-order valence-electron chi connectivity index (χ2n) is 0.690. The number of rotatable bonds is 1. The molecule has 6 heavy (non-hydrogen) atoms. The standard InChI is InChI=1S/C2H3B2O2/c1-6-2(5)4-3/h1H3. The van der Waals surface area contributed by atoms with Crippen molar-refractivity contribution in [2.24, 2.45) is 0 Å². The Bertz CT molecular complexity index is 47.5. The molecule has 0 amide bonds. The highest BCUT2D eigenvalue weighted by atomic mass is 16.5. The molecule has 0 N–H and O–H groups in total. The van der Waals surface area contributed by atoms with Gasteiger partial charge < -0.3 is 4.74 Å². The van der Waals surface area contributed by atoms with Crippen molar-refractivity contribution in [2.75, 3.05) is 7.11 Å². The molecule has 0 aromatic carbocycles. The van der Waals surface area contributed by atoms with Gasteiger partial charge in [-0.15, -0.1) is 0 Å². The van der Waals surface area contributed by atoms with E-state index < -0.39 is 5.87 Å². The van der Waals surface area contributed by atoms with Crippen LogP contribution in [0.1, 0.15) is 0 Å². The van der Waals surface area contributed by atoms with Gasteiger partial charge in [-0.3, -0.25) is 4.79 Å². The highest BCUT2D eigenvalue weighted by Gasteiger charge is 1.89. The van der Waals surface area contributed by atoms with Crippen LogP contribution in [-0.4, -0.2) is 27.9 Å². The smallest absolute Gasteiger partial charge is 0.233 e. The molecule has 0 saturated carbocycles. The lowest BCUT2D eigenvalue weighted by Gasteiger charge is -1.87. The van der Waals surface area contributed by atoms with Crippen molar-refractivity contribution in [3.8, 4) is 0 Å². The molecule has 2 nitrogen and oxygen atoms in total. The monoisotopic (exact) mass is 81.0 g/mol. The van der Waals surface area contributed by atoms with Crippen LogP contribution in [0, 0.1) is 0 Å². The van der Waals surface area contributed by atoms with E-state index in [4.69, 9.17) is 0 Å². The fraction of sp³-hybridized carbons (Fsp3) is 0.500. The molecule has 0 aromatic heterocycles. The van der Waals surface area contributed by atoms with Gasteiger partial charge in [-0.05, 0) is 0 Å². The van der Waals surface area contributed by atoms with Gasteiger partial charge in [0.15, 0.2) is 0 Å². The summed E-state index contributed by atoms with van der Waals surface area (Å²) < 4.78 is 4.08. The fourth-order valence-electron chi connectivity index (χ4n) is 0.0680. The normalized spacial score (nSPS) is 6.83. The van der Waals surface area contributed by atoms with E-state index in [1.807, 2.05) is 0 Å². The van der Waals surface area contributed by atoms with Crippen LogP contribution < -0.4 is 0 Å². The molecule has 0 atom stereocenters. The fourth-order valence-corrected chi connectivity index (χ4v) is 0.0680. The molecule has 0 rings (SSSR count). The van der Waals surface area contributed by atoms with Gasteiger partial charge in [0.25, 0.3) is 0 Å². The van der Waals surface area contributed by atoms with Crippen LogP contribution in [0.3, 0.4) is 0 Å². The molecule has 0 unspecified atom stereocenters. The maximum absolute atomic E-state index is 9.78. The van der Waals surface area contributed by atoms with E-state index in [0.717, 1.165) is 7.17 Å². The zero-order chi connectivity index (χ0) is 4.99. The molecular weight excluding hydrogens is 77.6 g/mol. The Kier molecular flexibility index (Phi) is 2.63. The van der Waals surface area contributed by atoms with Crippen molar-refractivity contribution in [3.63, 3.8) is 0 Å². The maximum Gasteiger partial charge on any atom is 0.233 e. The van der Waals surface area contributed by atoms with Crippen molar-refractivity contribution in [1.29, 1.82) is 0 Å². The lowest BCUT2D eigenvalue weighted by atomic mass is 9.56. The summed E-state index contributed by atoms with van der Waals surface area (Å²) in [6, 6.07) is 0. The first kappa shape index (κ1) is 5.60. The van der Waals surface area contributed by atoms with Crippen molar-refractivity contribution in [3.05, 3.63) is 0 Å². The summed E-state index contributed by atoms with van der Waals surface area (Å²) in [7, 11) is 6.81. The first-order chi connectivity index (χ1) is 2.81. The van der Waals surface area contributed by atoms with Crippen LogP contribution in [0.5, 0.6) is 0 Å². The van der Waals surface area contributed by atoms with Crippen LogP contribution in [0.25, 0.3) is 0 Å². The van der Waals surface area contributed by atoms with E-state index in [1.165, 1.54) is 7.11 Å². The van der Waals surface area contributed by atoms with Gasteiger partial charge in [0.2, 0.25) is 13.0 Å². The predicted octanol–water partition coefficient (Wildman–Crippen LogP) is -0.460. The summed E-state index contributed by atoms with van der Waals surface area (Å²) >= 11 is 0. The molecule has 0 aliphatic carbocycles. The molecule has 0 aromatic rings. The number of ether oxygens (including phenoxy) is 1. The Morgan fingerprint density at radius 2 is 2.50 bits per heavy atom. The van der Waals surface area contributed by atoms with Crippen LogP contribution >= 0.6 is 0 Å². The first-order valence-corrected chi connectivity index (χ1v) is 1.44. The predicted molar refractivity (Wildman–Crippen MR) is 23.9 cm³/mol. The van der Waals surface area contributed by atoms with Gasteiger partial charge in [-0.25, -0.2) is 0 Å². The summed E-state index contributed by atoms with van der Waals surface area (Å²) in [5.74, 6) is -0.505. The van der Waals surface area contributed by atoms with Gasteiger partial charge in [0.1, 0.15) is 0 Å². The zero-order valence-corrected chi connectivity index (χ0v) is 3.47. The number of methoxy groups -OCH3 is 1. The van der Waals surface area contributed by atoms with E-state index in [2.05, 4.69) is 12.5 Å². The largest absolute Gasteiger partial charge is 0.478 e.